The van der Waals surface area contributed by atoms with Crippen molar-refractivity contribution in [3.63, 3.8) is 0 Å². The highest BCUT2D eigenvalue weighted by Crippen LogP contribution is 2.38. The fourth-order valence-electron chi connectivity index (χ4n) is 2.92. The van der Waals surface area contributed by atoms with Gasteiger partial charge in [0.05, 0.1) is 11.7 Å². The molecular formula is C20H27F2N4O4PS. The first-order valence-corrected chi connectivity index (χ1v) is 10.9. The molecule has 0 radical (unpaired) electrons. The van der Waals surface area contributed by atoms with Crippen LogP contribution in [0.5, 0.6) is 5.75 Å². The number of piperazine rings is 1. The lowest BCUT2D eigenvalue weighted by Gasteiger charge is -2.34. The van der Waals surface area contributed by atoms with Crippen molar-refractivity contribution in [3.8, 4) is 5.75 Å². The number of ether oxygens (including phenoxy) is 1. The van der Waals surface area contributed by atoms with Crippen molar-refractivity contribution >= 4 is 45.2 Å². The predicted octanol–water partition coefficient (Wildman–Crippen LogP) is 3.15. The van der Waals surface area contributed by atoms with Crippen LogP contribution in [0.2, 0.25) is 0 Å². The second kappa shape index (κ2) is 12.5. The van der Waals surface area contributed by atoms with E-state index in [4.69, 9.17) is 14.3 Å². The molecule has 0 aliphatic carbocycles. The summed E-state index contributed by atoms with van der Waals surface area (Å²) in [5.41, 5.74) is -1.55. The fraction of sp³-hybridized carbons (Fsp3) is 0.450. The van der Waals surface area contributed by atoms with Crippen molar-refractivity contribution < 1.29 is 27.9 Å². The third kappa shape index (κ3) is 7.27. The summed E-state index contributed by atoms with van der Waals surface area (Å²) in [6.07, 6.45) is -0.0347. The number of aryl methyl sites for hydroxylation is 1. The molecule has 1 unspecified atom stereocenters. The minimum absolute atomic E-state index is 0.0347. The molecule has 1 atom stereocenters. The van der Waals surface area contributed by atoms with Crippen LogP contribution in [0.15, 0.2) is 18.2 Å². The molecule has 1 amide bonds. The zero-order valence-electron chi connectivity index (χ0n) is 18.2. The van der Waals surface area contributed by atoms with Crippen LogP contribution in [0.3, 0.4) is 0 Å². The number of nitrogens with zero attached hydrogens (tertiary/aromatic N) is 4. The highest BCUT2D eigenvalue weighted by molar-refractivity contribution is 7.21. The highest BCUT2D eigenvalue weighted by atomic mass is 32.1. The van der Waals surface area contributed by atoms with Crippen LogP contribution in [-0.2, 0) is 15.3 Å². The fourth-order valence-corrected chi connectivity index (χ4v) is 3.94. The molecule has 176 valence electrons. The minimum Gasteiger partial charge on any atom is -0.490 e. The Morgan fingerprint density at radius 3 is 2.25 bits per heavy atom. The van der Waals surface area contributed by atoms with Crippen molar-refractivity contribution in [2.75, 3.05) is 31.1 Å². The van der Waals surface area contributed by atoms with Gasteiger partial charge in [-0.3, -0.25) is 4.79 Å². The van der Waals surface area contributed by atoms with Gasteiger partial charge in [0.15, 0.2) is 5.01 Å². The number of benzene rings is 1. The standard InChI is InChI=1S/C18H23F2N4O2PS.2CH2O/c1-11(2)26-14-5-4-12(3)10-13(14)15(25)23-6-8-24(9-7-23)17-22-21-16(28-17)18(19,20)27;2*1-2/h4-5,10-11H,6-9,27H2,1-3H3;2*1H2. The van der Waals surface area contributed by atoms with Gasteiger partial charge in [-0.1, -0.05) is 32.2 Å². The summed E-state index contributed by atoms with van der Waals surface area (Å²) < 4.78 is 32.5. The van der Waals surface area contributed by atoms with Gasteiger partial charge in [-0.2, -0.15) is 8.78 Å². The zero-order chi connectivity index (χ0) is 24.5. The van der Waals surface area contributed by atoms with E-state index in [1.807, 2.05) is 57.4 Å². The van der Waals surface area contributed by atoms with Crippen LogP contribution in [0.1, 0.15) is 34.8 Å². The zero-order valence-corrected chi connectivity index (χ0v) is 20.2. The second-order valence-electron chi connectivity index (χ2n) is 6.96. The number of anilines is 1. The predicted molar refractivity (Wildman–Crippen MR) is 123 cm³/mol. The number of rotatable bonds is 5. The van der Waals surface area contributed by atoms with Gasteiger partial charge in [0, 0.05) is 26.2 Å². The Labute approximate surface area is 192 Å². The van der Waals surface area contributed by atoms with Crippen LogP contribution >= 0.6 is 20.6 Å². The molecular weight excluding hydrogens is 461 g/mol. The van der Waals surface area contributed by atoms with E-state index in [0.29, 0.717) is 42.6 Å². The third-order valence-electron chi connectivity index (χ3n) is 4.27. The van der Waals surface area contributed by atoms with Gasteiger partial charge in [-0.25, -0.2) is 0 Å². The van der Waals surface area contributed by atoms with E-state index in [-0.39, 0.29) is 17.0 Å². The summed E-state index contributed by atoms with van der Waals surface area (Å²) >= 11 is 0.873. The van der Waals surface area contributed by atoms with Gasteiger partial charge in [0.2, 0.25) is 5.13 Å². The molecule has 1 aromatic heterocycles. The number of halogens is 2. The maximum absolute atomic E-state index is 13.3. The molecule has 0 N–H and O–H groups in total. The molecule has 1 aromatic carbocycles. The van der Waals surface area contributed by atoms with Gasteiger partial charge < -0.3 is 24.1 Å². The molecule has 2 aromatic rings. The Kier molecular flexibility index (Phi) is 10.7. The van der Waals surface area contributed by atoms with Gasteiger partial charge >= 0.3 is 5.66 Å². The van der Waals surface area contributed by atoms with Crippen molar-refractivity contribution in [2.45, 2.75) is 32.5 Å². The van der Waals surface area contributed by atoms with E-state index in [1.165, 1.54) is 9.24 Å². The summed E-state index contributed by atoms with van der Waals surface area (Å²) in [4.78, 5) is 32.7. The van der Waals surface area contributed by atoms with Crippen LogP contribution < -0.4 is 9.64 Å². The van der Waals surface area contributed by atoms with Crippen LogP contribution in [0.25, 0.3) is 0 Å². The average molecular weight is 488 g/mol. The van der Waals surface area contributed by atoms with Gasteiger partial charge in [0.25, 0.3) is 5.91 Å². The summed E-state index contributed by atoms with van der Waals surface area (Å²) in [5, 5.41) is 7.56. The first-order chi connectivity index (χ1) is 15.1. The molecule has 12 heteroatoms. The Balaban J connectivity index is 0.00000121. The van der Waals surface area contributed by atoms with Gasteiger partial charge in [0.1, 0.15) is 19.3 Å². The van der Waals surface area contributed by atoms with E-state index in [0.717, 1.165) is 16.9 Å². The number of carbonyl (C=O) groups is 3. The van der Waals surface area contributed by atoms with Crippen LogP contribution in [-0.4, -0.2) is 66.9 Å². The Morgan fingerprint density at radius 2 is 1.75 bits per heavy atom. The molecule has 1 aliphatic rings. The first-order valence-electron chi connectivity index (χ1n) is 9.55. The van der Waals surface area contributed by atoms with E-state index < -0.39 is 5.66 Å². The maximum Gasteiger partial charge on any atom is 0.311 e. The Bertz CT molecular complexity index is 885. The average Bonchev–Trinajstić information content (AvgIpc) is 3.28. The molecule has 0 saturated carbocycles. The number of alkyl halides is 2. The van der Waals surface area contributed by atoms with Gasteiger partial charge in [-0.05, 0) is 32.9 Å². The summed E-state index contributed by atoms with van der Waals surface area (Å²) in [6, 6.07) is 5.58. The SMILES string of the molecule is C=O.C=O.Cc1ccc(OC(C)C)c(C(=O)N2CCN(c3nnc(C(F)(F)P)s3)CC2)c1. The summed E-state index contributed by atoms with van der Waals surface area (Å²) in [7, 11) is 1.47. The minimum atomic E-state index is -3.08. The van der Waals surface area contributed by atoms with Crippen molar-refractivity contribution in [1.29, 1.82) is 0 Å². The molecule has 0 bridgehead atoms. The highest BCUT2D eigenvalue weighted by Gasteiger charge is 2.32. The Hall–Kier alpha value is -2.52. The van der Waals surface area contributed by atoms with E-state index in [2.05, 4.69) is 10.2 Å². The summed E-state index contributed by atoms with van der Waals surface area (Å²) in [6.45, 7) is 11.7. The molecule has 8 nitrogen and oxygen atoms in total. The molecule has 0 spiro atoms. The smallest absolute Gasteiger partial charge is 0.311 e. The largest absolute Gasteiger partial charge is 0.490 e. The van der Waals surface area contributed by atoms with Crippen molar-refractivity contribution in [3.05, 3.63) is 34.3 Å². The number of carbonyl (C=O) groups excluding carboxylic acids is 3. The van der Waals surface area contributed by atoms with Crippen LogP contribution in [0.4, 0.5) is 13.9 Å². The molecule has 1 saturated heterocycles. The number of hydrogen-bond acceptors (Lipinski definition) is 8. The lowest BCUT2D eigenvalue weighted by atomic mass is 10.1. The normalized spacial score (nSPS) is 13.6. The Morgan fingerprint density at radius 1 is 1.16 bits per heavy atom. The third-order valence-corrected chi connectivity index (χ3v) is 5.82. The van der Waals surface area contributed by atoms with E-state index in [1.54, 1.807) is 4.90 Å². The monoisotopic (exact) mass is 488 g/mol. The second-order valence-corrected chi connectivity index (χ2v) is 8.64. The van der Waals surface area contributed by atoms with Gasteiger partial charge in [-0.15, -0.1) is 10.2 Å². The van der Waals surface area contributed by atoms with E-state index >= 15 is 0 Å². The molecule has 1 fully saturated rings. The number of amides is 1. The maximum atomic E-state index is 13.3. The summed E-state index contributed by atoms with van der Waals surface area (Å²) in [5.74, 6) is 0.484. The van der Waals surface area contributed by atoms with Crippen LogP contribution in [0, 0.1) is 6.92 Å². The first kappa shape index (κ1) is 27.5. The molecule has 1 aliphatic heterocycles. The quantitative estimate of drug-likeness (QED) is 0.597. The van der Waals surface area contributed by atoms with E-state index in [9.17, 15) is 13.6 Å². The lowest BCUT2D eigenvalue weighted by molar-refractivity contribution is -0.0987. The molecule has 3 rings (SSSR count). The van der Waals surface area contributed by atoms with Crippen molar-refractivity contribution in [2.24, 2.45) is 0 Å². The topological polar surface area (TPSA) is 92.7 Å². The number of hydrogen-bond donors (Lipinski definition) is 0. The van der Waals surface area contributed by atoms with Crippen molar-refractivity contribution in [1.82, 2.24) is 15.1 Å². The molecule has 2 heterocycles. The molecule has 32 heavy (non-hydrogen) atoms. The number of aromatic nitrogens is 2. The lowest BCUT2D eigenvalue weighted by Crippen LogP contribution is -2.48.